The van der Waals surface area contributed by atoms with Crippen LogP contribution in [0.3, 0.4) is 0 Å². The van der Waals surface area contributed by atoms with E-state index in [1.54, 1.807) is 17.5 Å². The number of pyridine rings is 1. The molecule has 0 saturated heterocycles. The molecule has 0 N–H and O–H groups in total. The van der Waals surface area contributed by atoms with Crippen LogP contribution < -0.4 is 0 Å². The van der Waals surface area contributed by atoms with Gasteiger partial charge in [0.25, 0.3) is 5.82 Å². The first kappa shape index (κ1) is 9.64. The first-order valence-corrected chi connectivity index (χ1v) is 4.72. The first-order valence-electron chi connectivity index (χ1n) is 4.72. The van der Waals surface area contributed by atoms with Gasteiger partial charge in [-0.2, -0.15) is 0 Å². The molecule has 0 bridgehead atoms. The zero-order valence-electron chi connectivity index (χ0n) is 8.60. The summed E-state index contributed by atoms with van der Waals surface area (Å²) < 4.78 is 6.44. The highest BCUT2D eigenvalue weighted by atomic mass is 16.5. The van der Waals surface area contributed by atoms with Crippen molar-refractivity contribution in [3.05, 3.63) is 29.7 Å². The Bertz CT molecular complexity index is 504. The van der Waals surface area contributed by atoms with Crippen molar-refractivity contribution >= 4 is 11.6 Å². The maximum Gasteiger partial charge on any atom is 0.378 e. The van der Waals surface area contributed by atoms with Gasteiger partial charge in [0.05, 0.1) is 6.61 Å². The molecule has 15 heavy (non-hydrogen) atoms. The van der Waals surface area contributed by atoms with Gasteiger partial charge in [-0.15, -0.1) is 5.10 Å². The first-order chi connectivity index (χ1) is 7.22. The Morgan fingerprint density at radius 3 is 3.00 bits per heavy atom. The molecule has 2 aromatic rings. The van der Waals surface area contributed by atoms with E-state index in [4.69, 9.17) is 4.74 Å². The zero-order chi connectivity index (χ0) is 10.8. The highest BCUT2D eigenvalue weighted by molar-refractivity contribution is 5.85. The van der Waals surface area contributed by atoms with Gasteiger partial charge in [0, 0.05) is 5.69 Å². The lowest BCUT2D eigenvalue weighted by atomic mass is 10.4. The summed E-state index contributed by atoms with van der Waals surface area (Å²) in [5.41, 5.74) is 1.58. The van der Waals surface area contributed by atoms with E-state index >= 15 is 0 Å². The Labute approximate surface area is 86.7 Å². The van der Waals surface area contributed by atoms with Gasteiger partial charge in [-0.1, -0.05) is 6.07 Å². The van der Waals surface area contributed by atoms with Crippen LogP contribution in [0.1, 0.15) is 23.2 Å². The third kappa shape index (κ3) is 1.68. The number of aryl methyl sites for hydroxylation is 1. The second kappa shape index (κ2) is 3.68. The number of carbonyl (C=O) groups is 1. The Morgan fingerprint density at radius 2 is 2.33 bits per heavy atom. The van der Waals surface area contributed by atoms with Gasteiger partial charge in [-0.25, -0.2) is 14.3 Å². The summed E-state index contributed by atoms with van der Waals surface area (Å²) >= 11 is 0. The number of aromatic nitrogens is 3. The number of esters is 1. The van der Waals surface area contributed by atoms with Crippen LogP contribution in [0, 0.1) is 6.92 Å². The van der Waals surface area contributed by atoms with Crippen molar-refractivity contribution in [1.82, 2.24) is 14.6 Å². The molecule has 0 spiro atoms. The number of fused-ring (bicyclic) bond motifs is 1. The summed E-state index contributed by atoms with van der Waals surface area (Å²) in [6.07, 6.45) is 0. The molecular formula is C10H11N3O2. The van der Waals surface area contributed by atoms with Crippen molar-refractivity contribution in [2.45, 2.75) is 13.8 Å². The Morgan fingerprint density at radius 1 is 1.53 bits per heavy atom. The smallest absolute Gasteiger partial charge is 0.378 e. The molecule has 0 fully saturated rings. The molecule has 2 rings (SSSR count). The molecule has 2 heterocycles. The predicted octanol–water partition coefficient (Wildman–Crippen LogP) is 1.21. The SMILES string of the molecule is CCOC(=O)c1nc2cccc(C)n2n1. The lowest BCUT2D eigenvalue weighted by Gasteiger charge is -1.95. The largest absolute Gasteiger partial charge is 0.460 e. The fraction of sp³-hybridized carbons (Fsp3) is 0.300. The van der Waals surface area contributed by atoms with E-state index in [9.17, 15) is 4.79 Å². The Kier molecular flexibility index (Phi) is 2.37. The Balaban J connectivity index is 2.47. The molecule has 0 aliphatic carbocycles. The van der Waals surface area contributed by atoms with E-state index in [0.29, 0.717) is 12.3 Å². The molecule has 0 radical (unpaired) electrons. The van der Waals surface area contributed by atoms with Gasteiger partial charge in [-0.05, 0) is 26.0 Å². The molecule has 5 heteroatoms. The van der Waals surface area contributed by atoms with Crippen LogP contribution >= 0.6 is 0 Å². The minimum atomic E-state index is -0.486. The van der Waals surface area contributed by atoms with E-state index in [-0.39, 0.29) is 5.82 Å². The second-order valence-electron chi connectivity index (χ2n) is 3.09. The maximum absolute atomic E-state index is 11.4. The number of hydrogen-bond donors (Lipinski definition) is 0. The van der Waals surface area contributed by atoms with Crippen LogP contribution in [0.15, 0.2) is 18.2 Å². The van der Waals surface area contributed by atoms with Crippen molar-refractivity contribution in [2.75, 3.05) is 6.61 Å². The maximum atomic E-state index is 11.4. The van der Waals surface area contributed by atoms with E-state index in [1.807, 2.05) is 19.1 Å². The van der Waals surface area contributed by atoms with Crippen molar-refractivity contribution in [2.24, 2.45) is 0 Å². The molecule has 78 valence electrons. The number of hydrogen-bond acceptors (Lipinski definition) is 4. The lowest BCUT2D eigenvalue weighted by molar-refractivity contribution is 0.0512. The molecule has 0 amide bonds. The molecule has 0 atom stereocenters. The van der Waals surface area contributed by atoms with Crippen LogP contribution in [-0.4, -0.2) is 27.2 Å². The van der Waals surface area contributed by atoms with Gasteiger partial charge in [0.1, 0.15) is 0 Å². The average Bonchev–Trinajstić information content (AvgIpc) is 2.63. The summed E-state index contributed by atoms with van der Waals surface area (Å²) in [6.45, 7) is 3.98. The molecule has 0 unspecified atom stereocenters. The van der Waals surface area contributed by atoms with Crippen LogP contribution in [0.4, 0.5) is 0 Å². The highest BCUT2D eigenvalue weighted by Crippen LogP contribution is 2.05. The summed E-state index contributed by atoms with van der Waals surface area (Å²) in [6, 6.07) is 5.56. The third-order valence-electron chi connectivity index (χ3n) is 2.01. The molecular weight excluding hydrogens is 194 g/mol. The monoisotopic (exact) mass is 205 g/mol. The lowest BCUT2D eigenvalue weighted by Crippen LogP contribution is -2.07. The third-order valence-corrected chi connectivity index (χ3v) is 2.01. The van der Waals surface area contributed by atoms with Crippen LogP contribution in [-0.2, 0) is 4.74 Å². The highest BCUT2D eigenvalue weighted by Gasteiger charge is 2.13. The van der Waals surface area contributed by atoms with E-state index in [0.717, 1.165) is 5.69 Å². The van der Waals surface area contributed by atoms with E-state index < -0.39 is 5.97 Å². The van der Waals surface area contributed by atoms with Crippen molar-refractivity contribution in [3.8, 4) is 0 Å². The van der Waals surface area contributed by atoms with E-state index in [2.05, 4.69) is 10.1 Å². The summed E-state index contributed by atoms with van der Waals surface area (Å²) in [5, 5.41) is 4.06. The van der Waals surface area contributed by atoms with Crippen LogP contribution in [0.5, 0.6) is 0 Å². The average molecular weight is 205 g/mol. The minimum absolute atomic E-state index is 0.103. The van der Waals surface area contributed by atoms with Gasteiger partial charge in [0.2, 0.25) is 0 Å². The molecule has 5 nitrogen and oxygen atoms in total. The molecule has 0 aliphatic heterocycles. The standard InChI is InChI=1S/C10H11N3O2/c1-3-15-10(14)9-11-8-6-4-5-7(2)13(8)12-9/h4-6H,3H2,1-2H3. The fourth-order valence-electron chi connectivity index (χ4n) is 1.32. The van der Waals surface area contributed by atoms with Gasteiger partial charge < -0.3 is 4.74 Å². The topological polar surface area (TPSA) is 56.5 Å². The normalized spacial score (nSPS) is 10.5. The summed E-state index contributed by atoms with van der Waals surface area (Å²) in [7, 11) is 0. The Hall–Kier alpha value is -1.91. The minimum Gasteiger partial charge on any atom is -0.460 e. The molecule has 2 aromatic heterocycles. The number of rotatable bonds is 2. The summed E-state index contributed by atoms with van der Waals surface area (Å²) in [5.74, 6) is -0.383. The number of ether oxygens (including phenoxy) is 1. The number of nitrogens with zero attached hydrogens (tertiary/aromatic N) is 3. The quantitative estimate of drug-likeness (QED) is 0.691. The summed E-state index contributed by atoms with van der Waals surface area (Å²) in [4.78, 5) is 15.4. The van der Waals surface area contributed by atoms with Crippen LogP contribution in [0.25, 0.3) is 5.65 Å². The van der Waals surface area contributed by atoms with Gasteiger partial charge in [-0.3, -0.25) is 0 Å². The molecule has 0 aromatic carbocycles. The zero-order valence-corrected chi connectivity index (χ0v) is 8.60. The van der Waals surface area contributed by atoms with E-state index in [1.165, 1.54) is 0 Å². The molecule has 0 aliphatic rings. The molecule has 0 saturated carbocycles. The number of carbonyl (C=O) groups excluding carboxylic acids is 1. The van der Waals surface area contributed by atoms with Crippen molar-refractivity contribution < 1.29 is 9.53 Å². The van der Waals surface area contributed by atoms with Gasteiger partial charge >= 0.3 is 5.97 Å². The van der Waals surface area contributed by atoms with Crippen molar-refractivity contribution in [3.63, 3.8) is 0 Å². The second-order valence-corrected chi connectivity index (χ2v) is 3.09. The van der Waals surface area contributed by atoms with Crippen LogP contribution in [0.2, 0.25) is 0 Å². The predicted molar refractivity (Wildman–Crippen MR) is 53.7 cm³/mol. The van der Waals surface area contributed by atoms with Gasteiger partial charge in [0.15, 0.2) is 5.65 Å². The van der Waals surface area contributed by atoms with Crippen molar-refractivity contribution in [1.29, 1.82) is 0 Å². The fourth-order valence-corrected chi connectivity index (χ4v) is 1.32.